The number of nitrogens with zero attached hydrogens (tertiary/aromatic N) is 1. The number of aliphatic imine (C=N–C) groups is 1. The van der Waals surface area contributed by atoms with E-state index in [1.54, 1.807) is 36.4 Å². The first-order valence-corrected chi connectivity index (χ1v) is 9.55. The van der Waals surface area contributed by atoms with Crippen LogP contribution in [-0.4, -0.2) is 11.1 Å². The number of para-hydroxylation sites is 1. The first kappa shape index (κ1) is 17.9. The van der Waals surface area contributed by atoms with Crippen molar-refractivity contribution in [2.75, 3.05) is 0 Å². The van der Waals surface area contributed by atoms with Gasteiger partial charge in [0.1, 0.15) is 11.5 Å². The second-order valence-corrected chi connectivity index (χ2v) is 7.52. The highest BCUT2D eigenvalue weighted by Crippen LogP contribution is 2.33. The number of carbonyl (C=O) groups is 1. The lowest BCUT2D eigenvalue weighted by atomic mass is 10.2. The van der Waals surface area contributed by atoms with Crippen molar-refractivity contribution in [3.05, 3.63) is 81.4 Å². The van der Waals surface area contributed by atoms with Gasteiger partial charge in [0.25, 0.3) is 5.91 Å². The minimum absolute atomic E-state index is 0.214. The maximum atomic E-state index is 12.2. The molecule has 0 radical (unpaired) electrons. The number of rotatable bonds is 3. The second kappa shape index (κ2) is 7.64. The summed E-state index contributed by atoms with van der Waals surface area (Å²) in [4.78, 5) is 17.1. The summed E-state index contributed by atoms with van der Waals surface area (Å²) in [5, 5.41) is 4.39. The fourth-order valence-corrected chi connectivity index (χ4v) is 3.70. The van der Waals surface area contributed by atoms with E-state index >= 15 is 0 Å². The first-order chi connectivity index (χ1) is 13.1. The molecule has 0 atom stereocenters. The monoisotopic (exact) mass is 414 g/mol. The van der Waals surface area contributed by atoms with E-state index in [1.165, 1.54) is 11.8 Å². The molecule has 27 heavy (non-hydrogen) atoms. The van der Waals surface area contributed by atoms with E-state index in [0.29, 0.717) is 37.2 Å². The molecular weight excluding hydrogens is 403 g/mol. The van der Waals surface area contributed by atoms with Gasteiger partial charge in [0.15, 0.2) is 5.17 Å². The maximum Gasteiger partial charge on any atom is 0.264 e. The van der Waals surface area contributed by atoms with Gasteiger partial charge in [0.2, 0.25) is 0 Å². The van der Waals surface area contributed by atoms with Crippen LogP contribution in [0.4, 0.5) is 5.69 Å². The number of halogens is 2. The Morgan fingerprint density at radius 1 is 1.04 bits per heavy atom. The quantitative estimate of drug-likeness (QED) is 0.523. The van der Waals surface area contributed by atoms with Gasteiger partial charge in [-0.25, -0.2) is 4.99 Å². The molecular formula is C20H12Cl2N2O2S. The molecule has 0 saturated carbocycles. The number of hydrogen-bond acceptors (Lipinski definition) is 4. The normalized spacial score (nSPS) is 16.9. The summed E-state index contributed by atoms with van der Waals surface area (Å²) in [6.07, 6.45) is 1.68. The average molecular weight is 415 g/mol. The smallest absolute Gasteiger partial charge is 0.264 e. The molecule has 1 amide bonds. The third-order valence-corrected chi connectivity index (χ3v) is 5.21. The van der Waals surface area contributed by atoms with Gasteiger partial charge < -0.3 is 9.73 Å². The van der Waals surface area contributed by atoms with Crippen LogP contribution in [0.15, 0.2) is 75.0 Å². The summed E-state index contributed by atoms with van der Waals surface area (Å²) in [7, 11) is 0. The van der Waals surface area contributed by atoms with Gasteiger partial charge in [0, 0.05) is 16.7 Å². The van der Waals surface area contributed by atoms with E-state index in [1.807, 2.05) is 30.3 Å². The maximum absolute atomic E-state index is 12.2. The molecule has 0 aliphatic carbocycles. The highest BCUT2D eigenvalue weighted by Gasteiger charge is 2.24. The van der Waals surface area contributed by atoms with Crippen LogP contribution in [-0.2, 0) is 4.79 Å². The molecule has 0 bridgehead atoms. The Morgan fingerprint density at radius 2 is 1.85 bits per heavy atom. The van der Waals surface area contributed by atoms with E-state index in [4.69, 9.17) is 27.6 Å². The van der Waals surface area contributed by atoms with Crippen molar-refractivity contribution >= 4 is 57.8 Å². The number of thioether (sulfide) groups is 1. The van der Waals surface area contributed by atoms with E-state index in [9.17, 15) is 4.79 Å². The standard InChI is InChI=1S/C20H12Cl2N2O2S/c21-12-6-8-16(22)15(10-12)17-9-7-14(26-17)11-18-19(25)24-20(27-18)23-13-4-2-1-3-5-13/h1-11H,(H,23,24,25)/b18-11-. The summed E-state index contributed by atoms with van der Waals surface area (Å²) in [5.74, 6) is 0.906. The lowest BCUT2D eigenvalue weighted by Gasteiger charge is -2.01. The Balaban J connectivity index is 1.58. The van der Waals surface area contributed by atoms with Crippen LogP contribution < -0.4 is 5.32 Å². The highest BCUT2D eigenvalue weighted by molar-refractivity contribution is 8.18. The molecule has 4 nitrogen and oxygen atoms in total. The Morgan fingerprint density at radius 3 is 2.67 bits per heavy atom. The molecule has 3 aromatic rings. The number of amides is 1. The van der Waals surface area contributed by atoms with Crippen LogP contribution in [0.25, 0.3) is 17.4 Å². The van der Waals surface area contributed by atoms with Gasteiger partial charge in [-0.2, -0.15) is 0 Å². The summed E-state index contributed by atoms with van der Waals surface area (Å²) in [5.41, 5.74) is 1.47. The van der Waals surface area contributed by atoms with Gasteiger partial charge in [-0.1, -0.05) is 41.4 Å². The van der Waals surface area contributed by atoms with Gasteiger partial charge in [-0.05, 0) is 54.2 Å². The van der Waals surface area contributed by atoms with E-state index in [0.717, 1.165) is 5.69 Å². The highest BCUT2D eigenvalue weighted by atomic mass is 35.5. The minimum Gasteiger partial charge on any atom is -0.457 e. The Hall–Kier alpha value is -2.47. The molecule has 1 fully saturated rings. The summed E-state index contributed by atoms with van der Waals surface area (Å²) in [6.45, 7) is 0. The predicted octanol–water partition coefficient (Wildman–Crippen LogP) is 6.15. The number of benzene rings is 2. The Bertz CT molecular complexity index is 1070. The van der Waals surface area contributed by atoms with Crippen molar-refractivity contribution in [3.63, 3.8) is 0 Å². The van der Waals surface area contributed by atoms with Crippen molar-refractivity contribution in [3.8, 4) is 11.3 Å². The largest absolute Gasteiger partial charge is 0.457 e. The third-order valence-electron chi connectivity index (χ3n) is 3.73. The molecule has 0 unspecified atom stereocenters. The van der Waals surface area contributed by atoms with Crippen molar-refractivity contribution in [2.24, 2.45) is 4.99 Å². The van der Waals surface area contributed by atoms with Crippen LogP contribution >= 0.6 is 35.0 Å². The lowest BCUT2D eigenvalue weighted by Crippen LogP contribution is -2.19. The first-order valence-electron chi connectivity index (χ1n) is 7.98. The zero-order valence-corrected chi connectivity index (χ0v) is 16.1. The molecule has 1 aromatic heterocycles. The summed E-state index contributed by atoms with van der Waals surface area (Å²) in [6, 6.07) is 18.2. The van der Waals surface area contributed by atoms with Crippen LogP contribution in [0.3, 0.4) is 0 Å². The second-order valence-electron chi connectivity index (χ2n) is 5.64. The van der Waals surface area contributed by atoms with Crippen molar-refractivity contribution in [1.29, 1.82) is 0 Å². The Labute approximate surface area is 169 Å². The molecule has 134 valence electrons. The van der Waals surface area contributed by atoms with E-state index in [-0.39, 0.29) is 5.91 Å². The van der Waals surface area contributed by atoms with Crippen LogP contribution in [0.1, 0.15) is 5.76 Å². The minimum atomic E-state index is -0.214. The topological polar surface area (TPSA) is 54.6 Å². The zero-order valence-electron chi connectivity index (χ0n) is 13.8. The molecule has 1 N–H and O–H groups in total. The molecule has 7 heteroatoms. The SMILES string of the molecule is O=C1NC(=Nc2ccccc2)S/C1=C\c1ccc(-c2cc(Cl)ccc2Cl)o1. The molecule has 2 aromatic carbocycles. The van der Waals surface area contributed by atoms with E-state index in [2.05, 4.69) is 10.3 Å². The predicted molar refractivity (Wildman–Crippen MR) is 111 cm³/mol. The average Bonchev–Trinajstić information content (AvgIpc) is 3.25. The lowest BCUT2D eigenvalue weighted by molar-refractivity contribution is -0.115. The summed E-state index contributed by atoms with van der Waals surface area (Å²) >= 11 is 13.5. The number of nitrogens with one attached hydrogen (secondary N) is 1. The van der Waals surface area contributed by atoms with Crippen molar-refractivity contribution in [1.82, 2.24) is 5.32 Å². The zero-order chi connectivity index (χ0) is 18.8. The van der Waals surface area contributed by atoms with Crippen LogP contribution in [0, 0.1) is 0 Å². The van der Waals surface area contributed by atoms with Gasteiger partial charge in [0.05, 0.1) is 15.6 Å². The fourth-order valence-electron chi connectivity index (χ4n) is 2.49. The molecule has 1 saturated heterocycles. The van der Waals surface area contributed by atoms with Crippen molar-refractivity contribution < 1.29 is 9.21 Å². The van der Waals surface area contributed by atoms with Crippen LogP contribution in [0.2, 0.25) is 10.0 Å². The van der Waals surface area contributed by atoms with Crippen molar-refractivity contribution in [2.45, 2.75) is 0 Å². The van der Waals surface area contributed by atoms with Crippen LogP contribution in [0.5, 0.6) is 0 Å². The summed E-state index contributed by atoms with van der Waals surface area (Å²) < 4.78 is 5.82. The molecule has 1 aliphatic rings. The molecule has 0 spiro atoms. The van der Waals surface area contributed by atoms with Gasteiger partial charge >= 0.3 is 0 Å². The number of amidine groups is 1. The third kappa shape index (κ3) is 4.11. The number of furan rings is 1. The fraction of sp³-hybridized carbons (Fsp3) is 0. The number of carbonyl (C=O) groups excluding carboxylic acids is 1. The molecule has 1 aliphatic heterocycles. The van der Waals surface area contributed by atoms with Gasteiger partial charge in [-0.3, -0.25) is 4.79 Å². The number of hydrogen-bond donors (Lipinski definition) is 1. The van der Waals surface area contributed by atoms with E-state index < -0.39 is 0 Å². The van der Waals surface area contributed by atoms with Gasteiger partial charge in [-0.15, -0.1) is 0 Å². The Kier molecular flexibility index (Phi) is 5.07. The molecule has 2 heterocycles. The molecule has 4 rings (SSSR count).